The third-order valence-corrected chi connectivity index (χ3v) is 2.32. The Morgan fingerprint density at radius 1 is 1.11 bits per heavy atom. The number of benzene rings is 1. The number of carbonyl (C=O) groups is 1. The third-order valence-electron chi connectivity index (χ3n) is 2.32. The molecule has 18 heavy (non-hydrogen) atoms. The SMILES string of the molecule is O=C(/C=C/c1c[nH]c(=O)[nH]c1=O)c1ccccc1. The summed E-state index contributed by atoms with van der Waals surface area (Å²) in [6.07, 6.45) is 3.91. The Bertz CT molecular complexity index is 696. The molecular formula is C13H10N2O3. The van der Waals surface area contributed by atoms with Crippen molar-refractivity contribution >= 4 is 11.9 Å². The molecule has 90 valence electrons. The van der Waals surface area contributed by atoms with E-state index in [4.69, 9.17) is 0 Å². The molecule has 5 heteroatoms. The molecule has 5 nitrogen and oxygen atoms in total. The van der Waals surface area contributed by atoms with E-state index in [1.165, 1.54) is 18.3 Å². The van der Waals surface area contributed by atoms with Crippen LogP contribution in [-0.2, 0) is 0 Å². The van der Waals surface area contributed by atoms with E-state index in [2.05, 4.69) is 9.97 Å². The molecule has 0 radical (unpaired) electrons. The molecule has 0 fully saturated rings. The molecule has 0 amide bonds. The van der Waals surface area contributed by atoms with E-state index in [1.807, 2.05) is 6.07 Å². The van der Waals surface area contributed by atoms with Gasteiger partial charge in [0.05, 0.1) is 5.56 Å². The second kappa shape index (κ2) is 5.09. The number of nitrogens with one attached hydrogen (secondary N) is 2. The second-order valence-corrected chi connectivity index (χ2v) is 3.59. The van der Waals surface area contributed by atoms with Crippen molar-refractivity contribution in [3.05, 3.63) is 74.6 Å². The van der Waals surface area contributed by atoms with Crippen molar-refractivity contribution in [1.29, 1.82) is 0 Å². The smallest absolute Gasteiger partial charge is 0.314 e. The summed E-state index contributed by atoms with van der Waals surface area (Å²) in [6, 6.07) is 8.70. The maximum atomic E-state index is 11.7. The molecule has 2 rings (SSSR count). The van der Waals surface area contributed by atoms with E-state index in [1.54, 1.807) is 24.3 Å². The first-order chi connectivity index (χ1) is 8.66. The van der Waals surface area contributed by atoms with Crippen LogP contribution in [0.3, 0.4) is 0 Å². The molecule has 0 spiro atoms. The molecular weight excluding hydrogens is 232 g/mol. The predicted molar refractivity (Wildman–Crippen MR) is 67.5 cm³/mol. The molecule has 0 aliphatic carbocycles. The van der Waals surface area contributed by atoms with Crippen LogP contribution in [0.25, 0.3) is 6.08 Å². The molecule has 1 aromatic heterocycles. The lowest BCUT2D eigenvalue weighted by molar-refractivity contribution is 0.104. The molecule has 0 saturated heterocycles. The number of hydrogen-bond acceptors (Lipinski definition) is 3. The predicted octanol–water partition coefficient (Wildman–Crippen LogP) is 0.959. The molecule has 1 aromatic carbocycles. The quantitative estimate of drug-likeness (QED) is 0.621. The summed E-state index contributed by atoms with van der Waals surface area (Å²) in [5.41, 5.74) is -0.351. The molecule has 1 heterocycles. The molecule has 2 aromatic rings. The van der Waals surface area contributed by atoms with Crippen LogP contribution in [0, 0.1) is 0 Å². The second-order valence-electron chi connectivity index (χ2n) is 3.59. The minimum atomic E-state index is -0.577. The fraction of sp³-hybridized carbons (Fsp3) is 0. The van der Waals surface area contributed by atoms with Gasteiger partial charge >= 0.3 is 5.69 Å². The van der Waals surface area contributed by atoms with Gasteiger partial charge in [-0.2, -0.15) is 0 Å². The lowest BCUT2D eigenvalue weighted by atomic mass is 10.1. The Hall–Kier alpha value is -2.69. The number of aromatic amines is 2. The number of allylic oxidation sites excluding steroid dienone is 1. The molecule has 0 unspecified atom stereocenters. The van der Waals surface area contributed by atoms with E-state index >= 15 is 0 Å². The van der Waals surface area contributed by atoms with Crippen LogP contribution in [0.15, 0.2) is 52.2 Å². The van der Waals surface area contributed by atoms with Crippen molar-refractivity contribution in [2.45, 2.75) is 0 Å². The lowest BCUT2D eigenvalue weighted by Gasteiger charge is -1.94. The van der Waals surface area contributed by atoms with E-state index in [0.29, 0.717) is 5.56 Å². The van der Waals surface area contributed by atoms with Gasteiger partial charge in [-0.1, -0.05) is 30.3 Å². The van der Waals surface area contributed by atoms with Gasteiger partial charge in [0.1, 0.15) is 0 Å². The summed E-state index contributed by atoms with van der Waals surface area (Å²) in [4.78, 5) is 38.3. The molecule has 0 aliphatic rings. The maximum Gasteiger partial charge on any atom is 0.325 e. The van der Waals surface area contributed by atoms with Gasteiger partial charge in [-0.25, -0.2) is 4.79 Å². The van der Waals surface area contributed by atoms with Gasteiger partial charge in [-0.15, -0.1) is 0 Å². The first kappa shape index (κ1) is 11.8. The number of hydrogen-bond donors (Lipinski definition) is 2. The standard InChI is InChI=1S/C13H10N2O3/c16-11(9-4-2-1-3-5-9)7-6-10-8-14-13(18)15-12(10)17/h1-8H,(H2,14,15,17,18)/b7-6+. The minimum Gasteiger partial charge on any atom is -0.314 e. The van der Waals surface area contributed by atoms with E-state index < -0.39 is 11.2 Å². The number of ketones is 1. The first-order valence-corrected chi connectivity index (χ1v) is 5.26. The van der Waals surface area contributed by atoms with Crippen LogP contribution >= 0.6 is 0 Å². The topological polar surface area (TPSA) is 82.8 Å². The van der Waals surface area contributed by atoms with Crippen molar-refractivity contribution in [2.24, 2.45) is 0 Å². The van der Waals surface area contributed by atoms with Crippen LogP contribution < -0.4 is 11.2 Å². The summed E-state index contributed by atoms with van der Waals surface area (Å²) in [6.45, 7) is 0. The summed E-state index contributed by atoms with van der Waals surface area (Å²) in [7, 11) is 0. The van der Waals surface area contributed by atoms with Gasteiger partial charge in [0.15, 0.2) is 5.78 Å². The highest BCUT2D eigenvalue weighted by Crippen LogP contribution is 2.02. The highest BCUT2D eigenvalue weighted by molar-refractivity contribution is 6.06. The van der Waals surface area contributed by atoms with E-state index in [-0.39, 0.29) is 11.3 Å². The Kier molecular flexibility index (Phi) is 3.33. The van der Waals surface area contributed by atoms with Crippen LogP contribution in [0.5, 0.6) is 0 Å². The zero-order chi connectivity index (χ0) is 13.0. The van der Waals surface area contributed by atoms with Crippen LogP contribution in [-0.4, -0.2) is 15.8 Å². The Balaban J connectivity index is 2.24. The van der Waals surface area contributed by atoms with Crippen molar-refractivity contribution in [3.8, 4) is 0 Å². The number of carbonyl (C=O) groups excluding carboxylic acids is 1. The molecule has 0 aliphatic heterocycles. The van der Waals surface area contributed by atoms with Gasteiger partial charge in [0.2, 0.25) is 0 Å². The van der Waals surface area contributed by atoms with Crippen molar-refractivity contribution in [1.82, 2.24) is 9.97 Å². The number of aromatic nitrogens is 2. The maximum absolute atomic E-state index is 11.7. The van der Waals surface area contributed by atoms with E-state index in [9.17, 15) is 14.4 Å². The van der Waals surface area contributed by atoms with Crippen molar-refractivity contribution < 1.29 is 4.79 Å². The van der Waals surface area contributed by atoms with Crippen molar-refractivity contribution in [2.75, 3.05) is 0 Å². The minimum absolute atomic E-state index is 0.207. The first-order valence-electron chi connectivity index (χ1n) is 5.26. The normalized spacial score (nSPS) is 10.7. The van der Waals surface area contributed by atoms with Gasteiger partial charge in [0.25, 0.3) is 5.56 Å². The fourth-order valence-electron chi connectivity index (χ4n) is 1.41. The Morgan fingerprint density at radius 3 is 2.50 bits per heavy atom. The van der Waals surface area contributed by atoms with Crippen LogP contribution in [0.2, 0.25) is 0 Å². The van der Waals surface area contributed by atoms with Gasteiger partial charge in [-0.05, 0) is 12.2 Å². The summed E-state index contributed by atoms with van der Waals surface area (Å²) < 4.78 is 0. The van der Waals surface area contributed by atoms with E-state index in [0.717, 1.165) is 0 Å². The summed E-state index contributed by atoms with van der Waals surface area (Å²) >= 11 is 0. The fourth-order valence-corrected chi connectivity index (χ4v) is 1.41. The third kappa shape index (κ3) is 2.70. The molecule has 0 saturated carbocycles. The lowest BCUT2D eigenvalue weighted by Crippen LogP contribution is -2.22. The monoisotopic (exact) mass is 242 g/mol. The highest BCUT2D eigenvalue weighted by Gasteiger charge is 2.01. The zero-order valence-electron chi connectivity index (χ0n) is 9.34. The van der Waals surface area contributed by atoms with Gasteiger partial charge in [0, 0.05) is 11.8 Å². The zero-order valence-corrected chi connectivity index (χ0v) is 9.34. The Morgan fingerprint density at radius 2 is 1.83 bits per heavy atom. The average Bonchev–Trinajstić information content (AvgIpc) is 2.38. The molecule has 0 bridgehead atoms. The summed E-state index contributed by atoms with van der Waals surface area (Å²) in [5, 5.41) is 0. The van der Waals surface area contributed by atoms with Crippen LogP contribution in [0.1, 0.15) is 15.9 Å². The number of rotatable bonds is 3. The van der Waals surface area contributed by atoms with Crippen molar-refractivity contribution in [3.63, 3.8) is 0 Å². The van der Waals surface area contributed by atoms with Crippen LogP contribution in [0.4, 0.5) is 0 Å². The molecule has 2 N–H and O–H groups in total. The molecule has 0 atom stereocenters. The number of H-pyrrole nitrogens is 2. The van der Waals surface area contributed by atoms with Gasteiger partial charge in [-0.3, -0.25) is 14.6 Å². The highest BCUT2D eigenvalue weighted by atomic mass is 16.2. The summed E-state index contributed by atoms with van der Waals surface area (Å²) in [5.74, 6) is -0.207. The van der Waals surface area contributed by atoms with Gasteiger partial charge < -0.3 is 4.98 Å². The average molecular weight is 242 g/mol. The Labute approximate surface area is 102 Å². The largest absolute Gasteiger partial charge is 0.325 e.